The summed E-state index contributed by atoms with van der Waals surface area (Å²) in [7, 11) is 1.52. The maximum absolute atomic E-state index is 14.0. The summed E-state index contributed by atoms with van der Waals surface area (Å²) in [5.74, 6) is -1.57. The van der Waals surface area contributed by atoms with Gasteiger partial charge in [-0.1, -0.05) is 32.9 Å². The summed E-state index contributed by atoms with van der Waals surface area (Å²) in [4.78, 5) is 61.6. The monoisotopic (exact) mass is 848 g/mol. The number of aromatic amines is 1. The number of hydrogen-bond acceptors (Lipinski definition) is 10. The zero-order valence-corrected chi connectivity index (χ0v) is 34.6. The lowest BCUT2D eigenvalue weighted by Crippen LogP contribution is -2.58. The van der Waals surface area contributed by atoms with Gasteiger partial charge in [-0.15, -0.1) is 0 Å². The highest BCUT2D eigenvalue weighted by Gasteiger charge is 2.44. The predicted octanol–water partition coefficient (Wildman–Crippen LogP) is 4.85. The van der Waals surface area contributed by atoms with Crippen LogP contribution in [0.25, 0.3) is 11.4 Å². The lowest BCUT2D eigenvalue weighted by Gasteiger charge is -2.36. The number of piperidine rings is 1. The number of ether oxygens (including phenoxy) is 2. The lowest BCUT2D eigenvalue weighted by atomic mass is 9.85. The number of β-amino-alcohol motifs (C(OH)–C–C–N with tert-alkyl or cyclic N) is 1. The van der Waals surface area contributed by atoms with Crippen LogP contribution in [-0.4, -0.2) is 106 Å². The van der Waals surface area contributed by atoms with E-state index in [-0.39, 0.29) is 37.9 Å². The molecule has 2 fully saturated rings. The minimum atomic E-state index is -4.50. The highest BCUT2D eigenvalue weighted by atomic mass is 19.4. The van der Waals surface area contributed by atoms with Crippen LogP contribution in [0.15, 0.2) is 66.9 Å². The van der Waals surface area contributed by atoms with Crippen molar-refractivity contribution < 1.29 is 46.9 Å². The van der Waals surface area contributed by atoms with E-state index in [2.05, 4.69) is 36.0 Å². The van der Waals surface area contributed by atoms with Crippen molar-refractivity contribution in [2.24, 2.45) is 5.41 Å². The number of amides is 4. The molecule has 0 aliphatic carbocycles. The summed E-state index contributed by atoms with van der Waals surface area (Å²) < 4.78 is 51.0. The van der Waals surface area contributed by atoms with Gasteiger partial charge >= 0.3 is 6.18 Å². The van der Waals surface area contributed by atoms with E-state index in [9.17, 15) is 37.5 Å². The molecule has 18 heteroatoms. The standard InChI is InChI=1S/C43H51F3N8O7/c1-25-19-27(43(44,45)46)10-9-26(25)22-47-40(58)35-21-29(55)23-54(35)41(59)38(42(2,3)4)51-37(56)24-61-30-14-17-53(18-15-30)28-11-12-33(36(20-28)60-5)50-39(57)34-8-6-7-31(49-34)32-13-16-48-52-32/h6-13,16,19-20,29-30,35,38,55H,14-15,17-18,21-24H2,1-5H3,(H,47,58)(H,48,52)(H,50,57)(H,51,56)/t29-,35+,38-/m1/s1. The van der Waals surface area contributed by atoms with Gasteiger partial charge in [-0.3, -0.25) is 24.3 Å². The van der Waals surface area contributed by atoms with Crippen molar-refractivity contribution in [3.05, 3.63) is 89.2 Å². The Labute approximate surface area is 351 Å². The first-order chi connectivity index (χ1) is 28.9. The Hall–Kier alpha value is -6.01. The largest absolute Gasteiger partial charge is 0.494 e. The molecule has 2 aliphatic rings. The normalized spacial score (nSPS) is 17.8. The molecule has 0 saturated carbocycles. The van der Waals surface area contributed by atoms with Gasteiger partial charge in [0.1, 0.15) is 35.8 Å². The average Bonchev–Trinajstić information content (AvgIpc) is 3.91. The van der Waals surface area contributed by atoms with Crippen LogP contribution in [0.5, 0.6) is 5.75 Å². The number of nitrogens with one attached hydrogen (secondary N) is 4. The molecule has 2 aliphatic heterocycles. The fourth-order valence-corrected chi connectivity index (χ4v) is 7.44. The number of aliphatic hydroxyl groups excluding tert-OH is 1. The minimum Gasteiger partial charge on any atom is -0.494 e. The van der Waals surface area contributed by atoms with Gasteiger partial charge in [0.15, 0.2) is 0 Å². The van der Waals surface area contributed by atoms with Gasteiger partial charge in [0.2, 0.25) is 17.7 Å². The number of H-pyrrole nitrogens is 1. The molecule has 61 heavy (non-hydrogen) atoms. The number of aromatic nitrogens is 3. The number of likely N-dealkylation sites (tertiary alicyclic amines) is 1. The van der Waals surface area contributed by atoms with Crippen LogP contribution in [0.1, 0.15) is 67.2 Å². The number of aryl methyl sites for hydroxylation is 1. The third-order valence-electron chi connectivity index (χ3n) is 10.8. The van der Waals surface area contributed by atoms with E-state index < -0.39 is 59.0 Å². The Bertz CT molecular complexity index is 2200. The zero-order valence-electron chi connectivity index (χ0n) is 34.6. The number of benzene rings is 2. The third-order valence-corrected chi connectivity index (χ3v) is 10.8. The lowest BCUT2D eigenvalue weighted by molar-refractivity contribution is -0.145. The maximum Gasteiger partial charge on any atom is 0.416 e. The molecule has 0 bridgehead atoms. The molecule has 4 aromatic rings. The highest BCUT2D eigenvalue weighted by molar-refractivity contribution is 6.04. The first-order valence-electron chi connectivity index (χ1n) is 20.0. The van der Waals surface area contributed by atoms with Gasteiger partial charge in [0.25, 0.3) is 5.91 Å². The van der Waals surface area contributed by atoms with E-state index in [4.69, 9.17) is 9.47 Å². The maximum atomic E-state index is 14.0. The second kappa shape index (κ2) is 18.7. The summed E-state index contributed by atoms with van der Waals surface area (Å²) in [5, 5.41) is 25.7. The molecule has 0 radical (unpaired) electrons. The quantitative estimate of drug-likeness (QED) is 0.124. The summed E-state index contributed by atoms with van der Waals surface area (Å²) in [5.41, 5.74) is 1.99. The molecule has 326 valence electrons. The molecule has 2 saturated heterocycles. The second-order valence-electron chi connectivity index (χ2n) is 16.3. The minimum absolute atomic E-state index is 0.0376. The Morgan fingerprint density at radius 3 is 2.41 bits per heavy atom. The number of alkyl halides is 3. The van der Waals surface area contributed by atoms with E-state index in [1.807, 2.05) is 12.1 Å². The Morgan fingerprint density at radius 2 is 1.75 bits per heavy atom. The Balaban J connectivity index is 0.993. The first-order valence-corrected chi connectivity index (χ1v) is 20.0. The summed E-state index contributed by atoms with van der Waals surface area (Å²) in [6.07, 6.45) is -2.85. The van der Waals surface area contributed by atoms with Crippen molar-refractivity contribution in [1.82, 2.24) is 30.7 Å². The number of halogens is 3. The van der Waals surface area contributed by atoms with Gasteiger partial charge in [0.05, 0.1) is 36.3 Å². The van der Waals surface area contributed by atoms with Crippen LogP contribution in [0, 0.1) is 12.3 Å². The topological polar surface area (TPSA) is 191 Å². The van der Waals surface area contributed by atoms with Crippen LogP contribution in [-0.2, 0) is 31.8 Å². The van der Waals surface area contributed by atoms with E-state index in [1.165, 1.54) is 25.0 Å². The van der Waals surface area contributed by atoms with Gasteiger partial charge < -0.3 is 40.3 Å². The van der Waals surface area contributed by atoms with Crippen molar-refractivity contribution in [2.45, 2.75) is 84.0 Å². The number of pyridine rings is 1. The van der Waals surface area contributed by atoms with Gasteiger partial charge in [0, 0.05) is 50.6 Å². The fraction of sp³-hybridized carbons (Fsp3) is 0.442. The Kier molecular flexibility index (Phi) is 13.7. The van der Waals surface area contributed by atoms with Crippen LogP contribution in [0.4, 0.5) is 24.5 Å². The molecule has 2 aromatic carbocycles. The number of carbonyl (C=O) groups excluding carboxylic acids is 4. The van der Waals surface area contributed by atoms with Gasteiger partial charge in [-0.2, -0.15) is 18.3 Å². The number of methoxy groups -OCH3 is 1. The van der Waals surface area contributed by atoms with Crippen molar-refractivity contribution in [3.63, 3.8) is 0 Å². The summed E-state index contributed by atoms with van der Waals surface area (Å²) >= 11 is 0. The molecule has 0 unspecified atom stereocenters. The van der Waals surface area contributed by atoms with Crippen LogP contribution in [0.3, 0.4) is 0 Å². The Morgan fingerprint density at radius 1 is 1.00 bits per heavy atom. The SMILES string of the molecule is COc1cc(N2CCC(OCC(=O)N[C@H](C(=O)N3C[C@H](O)C[C@H]3C(=O)NCc3ccc(C(F)(F)F)cc3C)C(C)(C)C)CC2)ccc1NC(=O)c1cccc(-c2cc[nH]n2)n1. The number of rotatable bonds is 13. The van der Waals surface area contributed by atoms with Crippen molar-refractivity contribution in [3.8, 4) is 17.1 Å². The van der Waals surface area contributed by atoms with Crippen LogP contribution >= 0.6 is 0 Å². The van der Waals surface area contributed by atoms with E-state index in [1.54, 1.807) is 57.3 Å². The van der Waals surface area contributed by atoms with Gasteiger partial charge in [-0.25, -0.2) is 4.98 Å². The molecular weight excluding hydrogens is 798 g/mol. The number of nitrogens with zero attached hydrogens (tertiary/aromatic N) is 4. The van der Waals surface area contributed by atoms with Gasteiger partial charge in [-0.05, 0) is 78.8 Å². The van der Waals surface area contributed by atoms with E-state index >= 15 is 0 Å². The molecule has 0 spiro atoms. The number of aliphatic hydroxyl groups is 1. The predicted molar refractivity (Wildman–Crippen MR) is 219 cm³/mol. The smallest absolute Gasteiger partial charge is 0.416 e. The molecular formula is C43H51F3N8O7. The molecule has 4 heterocycles. The van der Waals surface area contributed by atoms with Crippen LogP contribution in [0.2, 0.25) is 0 Å². The zero-order chi connectivity index (χ0) is 44.1. The van der Waals surface area contributed by atoms with Crippen molar-refractivity contribution >= 4 is 35.0 Å². The molecule has 4 amide bonds. The van der Waals surface area contributed by atoms with Crippen molar-refractivity contribution in [1.29, 1.82) is 0 Å². The average molecular weight is 849 g/mol. The summed E-state index contributed by atoms with van der Waals surface area (Å²) in [6, 6.07) is 13.5. The highest BCUT2D eigenvalue weighted by Crippen LogP contribution is 2.33. The second-order valence-corrected chi connectivity index (χ2v) is 16.3. The molecule has 15 nitrogen and oxygen atoms in total. The molecule has 5 N–H and O–H groups in total. The third kappa shape index (κ3) is 11.0. The van der Waals surface area contributed by atoms with E-state index in [0.717, 1.165) is 17.8 Å². The fourth-order valence-electron chi connectivity index (χ4n) is 7.44. The molecule has 6 rings (SSSR count). The molecule has 2 aromatic heterocycles. The molecule has 3 atom stereocenters. The number of hydrogen-bond donors (Lipinski definition) is 5. The van der Waals surface area contributed by atoms with Crippen molar-refractivity contribution in [2.75, 3.05) is 43.6 Å². The van der Waals surface area contributed by atoms with E-state index in [0.29, 0.717) is 59.9 Å². The number of anilines is 2. The first kappa shape index (κ1) is 44.5. The number of carbonyl (C=O) groups is 4. The summed E-state index contributed by atoms with van der Waals surface area (Å²) in [6.45, 7) is 7.57. The van der Waals surface area contributed by atoms with Crippen LogP contribution < -0.4 is 25.6 Å².